The van der Waals surface area contributed by atoms with Gasteiger partial charge in [-0.15, -0.1) is 0 Å². The van der Waals surface area contributed by atoms with Crippen LogP contribution in [-0.2, 0) is 16.0 Å². The summed E-state index contributed by atoms with van der Waals surface area (Å²) in [4.78, 5) is 11.5. The third-order valence-corrected chi connectivity index (χ3v) is 2.22. The highest BCUT2D eigenvalue weighted by Gasteiger charge is 2.18. The van der Waals surface area contributed by atoms with Crippen LogP contribution < -0.4 is 5.73 Å². The molecule has 84 valence electrons. The molecule has 1 aromatic rings. The SMILES string of the molecule is N#CCOC(=O)[C@H](CN)Cc1ccccc1. The number of hydrogen-bond donors (Lipinski definition) is 1. The van der Waals surface area contributed by atoms with Gasteiger partial charge in [0.15, 0.2) is 6.61 Å². The highest BCUT2D eigenvalue weighted by atomic mass is 16.5. The summed E-state index contributed by atoms with van der Waals surface area (Å²) in [6.45, 7) is 0.00325. The lowest BCUT2D eigenvalue weighted by molar-refractivity contribution is -0.146. The quantitative estimate of drug-likeness (QED) is 0.744. The number of esters is 1. The Hall–Kier alpha value is -1.86. The second kappa shape index (κ2) is 6.59. The first-order valence-corrected chi connectivity index (χ1v) is 5.05. The van der Waals surface area contributed by atoms with Crippen LogP contribution >= 0.6 is 0 Å². The summed E-state index contributed by atoms with van der Waals surface area (Å²) in [6, 6.07) is 11.3. The van der Waals surface area contributed by atoms with Crippen LogP contribution in [0.4, 0.5) is 0 Å². The molecule has 0 aromatic heterocycles. The van der Waals surface area contributed by atoms with E-state index in [9.17, 15) is 4.79 Å². The van der Waals surface area contributed by atoms with E-state index in [2.05, 4.69) is 0 Å². The Morgan fingerprint density at radius 3 is 2.69 bits per heavy atom. The van der Waals surface area contributed by atoms with Crippen molar-refractivity contribution in [3.63, 3.8) is 0 Å². The normalized spacial score (nSPS) is 11.5. The van der Waals surface area contributed by atoms with Crippen LogP contribution in [-0.4, -0.2) is 19.1 Å². The van der Waals surface area contributed by atoms with Gasteiger partial charge in [0.2, 0.25) is 0 Å². The van der Waals surface area contributed by atoms with E-state index < -0.39 is 5.97 Å². The molecule has 0 aliphatic rings. The third-order valence-electron chi connectivity index (χ3n) is 2.22. The topological polar surface area (TPSA) is 76.1 Å². The summed E-state index contributed by atoms with van der Waals surface area (Å²) in [7, 11) is 0. The second-order valence-electron chi connectivity index (χ2n) is 3.39. The molecule has 1 rings (SSSR count). The molecule has 16 heavy (non-hydrogen) atoms. The number of nitriles is 1. The summed E-state index contributed by atoms with van der Waals surface area (Å²) in [6.07, 6.45) is 0.543. The molecular formula is C12H14N2O2. The van der Waals surface area contributed by atoms with Crippen LogP contribution in [0.2, 0.25) is 0 Å². The minimum atomic E-state index is -0.409. The van der Waals surface area contributed by atoms with Crippen molar-refractivity contribution in [3.05, 3.63) is 35.9 Å². The van der Waals surface area contributed by atoms with Crippen LogP contribution in [0.15, 0.2) is 30.3 Å². The van der Waals surface area contributed by atoms with Gasteiger partial charge in [-0.3, -0.25) is 4.79 Å². The van der Waals surface area contributed by atoms with Gasteiger partial charge in [0.1, 0.15) is 6.07 Å². The molecule has 4 nitrogen and oxygen atoms in total. The van der Waals surface area contributed by atoms with Crippen molar-refractivity contribution in [3.8, 4) is 6.07 Å². The summed E-state index contributed by atoms with van der Waals surface area (Å²) in [5, 5.41) is 8.30. The first-order valence-electron chi connectivity index (χ1n) is 5.05. The van der Waals surface area contributed by atoms with Crippen molar-refractivity contribution in [2.45, 2.75) is 6.42 Å². The van der Waals surface area contributed by atoms with E-state index in [1.165, 1.54) is 0 Å². The highest BCUT2D eigenvalue weighted by molar-refractivity contribution is 5.73. The largest absolute Gasteiger partial charge is 0.450 e. The molecule has 0 spiro atoms. The standard InChI is InChI=1S/C12H14N2O2/c13-6-7-16-12(15)11(9-14)8-10-4-2-1-3-5-10/h1-5,11H,7-9,14H2/t11-/m0/s1. The zero-order valence-corrected chi connectivity index (χ0v) is 8.93. The first kappa shape index (κ1) is 12.2. The molecule has 0 aliphatic carbocycles. The van der Waals surface area contributed by atoms with Crippen molar-refractivity contribution in [2.75, 3.05) is 13.2 Å². The van der Waals surface area contributed by atoms with E-state index in [4.69, 9.17) is 15.7 Å². The number of ether oxygens (including phenoxy) is 1. The zero-order valence-electron chi connectivity index (χ0n) is 8.93. The molecule has 0 radical (unpaired) electrons. The molecule has 0 heterocycles. The van der Waals surface area contributed by atoms with Crippen molar-refractivity contribution >= 4 is 5.97 Å². The maximum Gasteiger partial charge on any atom is 0.311 e. The van der Waals surface area contributed by atoms with Gasteiger partial charge in [-0.05, 0) is 12.0 Å². The Morgan fingerprint density at radius 1 is 1.44 bits per heavy atom. The Bertz CT molecular complexity index is 370. The molecule has 0 fully saturated rings. The Kier molecular flexibility index (Phi) is 5.03. The smallest absolute Gasteiger partial charge is 0.311 e. The van der Waals surface area contributed by atoms with Gasteiger partial charge in [-0.2, -0.15) is 5.26 Å². The fourth-order valence-electron chi connectivity index (χ4n) is 1.38. The monoisotopic (exact) mass is 218 g/mol. The summed E-state index contributed by atoms with van der Waals surface area (Å²) >= 11 is 0. The average molecular weight is 218 g/mol. The molecule has 4 heteroatoms. The van der Waals surface area contributed by atoms with Crippen LogP contribution in [0.5, 0.6) is 0 Å². The molecule has 1 aromatic carbocycles. The summed E-state index contributed by atoms with van der Waals surface area (Å²) in [5.41, 5.74) is 6.54. The average Bonchev–Trinajstić information content (AvgIpc) is 2.34. The van der Waals surface area contributed by atoms with Crippen LogP contribution in [0.25, 0.3) is 0 Å². The van der Waals surface area contributed by atoms with Crippen molar-refractivity contribution in [1.82, 2.24) is 0 Å². The lowest BCUT2D eigenvalue weighted by Gasteiger charge is -2.12. The molecule has 0 amide bonds. The number of carbonyl (C=O) groups excluding carboxylic acids is 1. The fourth-order valence-corrected chi connectivity index (χ4v) is 1.38. The zero-order chi connectivity index (χ0) is 11.8. The van der Waals surface area contributed by atoms with Gasteiger partial charge in [0, 0.05) is 6.54 Å². The van der Waals surface area contributed by atoms with E-state index >= 15 is 0 Å². The van der Waals surface area contributed by atoms with Crippen molar-refractivity contribution in [1.29, 1.82) is 5.26 Å². The van der Waals surface area contributed by atoms with E-state index in [1.807, 2.05) is 30.3 Å². The predicted octanol–water partition coefficient (Wildman–Crippen LogP) is 0.871. The fraction of sp³-hybridized carbons (Fsp3) is 0.333. The van der Waals surface area contributed by atoms with Gasteiger partial charge in [0.25, 0.3) is 0 Å². The minimum Gasteiger partial charge on any atom is -0.450 e. The molecule has 0 bridgehead atoms. The highest BCUT2D eigenvalue weighted by Crippen LogP contribution is 2.09. The second-order valence-corrected chi connectivity index (χ2v) is 3.39. The Balaban J connectivity index is 2.56. The number of carbonyl (C=O) groups is 1. The van der Waals surface area contributed by atoms with Crippen LogP contribution in [0.3, 0.4) is 0 Å². The molecule has 0 saturated heterocycles. The predicted molar refractivity (Wildman–Crippen MR) is 59.3 cm³/mol. The van der Waals surface area contributed by atoms with Crippen LogP contribution in [0, 0.1) is 17.2 Å². The van der Waals surface area contributed by atoms with E-state index in [1.54, 1.807) is 6.07 Å². The van der Waals surface area contributed by atoms with Crippen LogP contribution in [0.1, 0.15) is 5.56 Å². The lowest BCUT2D eigenvalue weighted by Crippen LogP contribution is -2.27. The van der Waals surface area contributed by atoms with Crippen molar-refractivity contribution < 1.29 is 9.53 Å². The number of benzene rings is 1. The lowest BCUT2D eigenvalue weighted by atomic mass is 10.00. The minimum absolute atomic E-state index is 0.218. The van der Waals surface area contributed by atoms with Crippen molar-refractivity contribution in [2.24, 2.45) is 11.7 Å². The van der Waals surface area contributed by atoms with E-state index in [0.29, 0.717) is 6.42 Å². The Labute approximate surface area is 94.6 Å². The van der Waals surface area contributed by atoms with Gasteiger partial charge >= 0.3 is 5.97 Å². The summed E-state index contributed by atoms with van der Waals surface area (Å²) in [5.74, 6) is -0.788. The van der Waals surface area contributed by atoms with Gasteiger partial charge in [-0.25, -0.2) is 0 Å². The summed E-state index contributed by atoms with van der Waals surface area (Å²) < 4.78 is 4.74. The number of rotatable bonds is 5. The molecule has 0 aliphatic heterocycles. The molecule has 2 N–H and O–H groups in total. The Morgan fingerprint density at radius 2 is 2.12 bits per heavy atom. The first-order chi connectivity index (χ1) is 7.77. The number of nitrogens with two attached hydrogens (primary N) is 1. The van der Waals surface area contributed by atoms with Gasteiger partial charge < -0.3 is 10.5 Å². The van der Waals surface area contributed by atoms with E-state index in [0.717, 1.165) is 5.56 Å². The molecule has 1 atom stereocenters. The number of nitrogens with zero attached hydrogens (tertiary/aromatic N) is 1. The maximum atomic E-state index is 11.5. The van der Waals surface area contributed by atoms with Gasteiger partial charge in [-0.1, -0.05) is 30.3 Å². The third kappa shape index (κ3) is 3.71. The molecule has 0 unspecified atom stereocenters. The maximum absolute atomic E-state index is 11.5. The molecular weight excluding hydrogens is 204 g/mol. The number of hydrogen-bond acceptors (Lipinski definition) is 4. The van der Waals surface area contributed by atoms with E-state index in [-0.39, 0.29) is 19.1 Å². The van der Waals surface area contributed by atoms with Gasteiger partial charge in [0.05, 0.1) is 5.92 Å². The molecule has 0 saturated carbocycles.